The number of likely N-dealkylation sites (N-methyl/N-ethyl adjacent to an activating group) is 1. The van der Waals surface area contributed by atoms with E-state index in [4.69, 9.17) is 9.26 Å². The van der Waals surface area contributed by atoms with Gasteiger partial charge < -0.3 is 18.8 Å². The molecule has 1 aliphatic carbocycles. The molecule has 1 aromatic heterocycles. The zero-order chi connectivity index (χ0) is 22.4. The number of esters is 1. The first-order chi connectivity index (χ1) is 15.5. The van der Waals surface area contributed by atoms with E-state index in [1.807, 2.05) is 36.4 Å². The predicted octanol–water partition coefficient (Wildman–Crippen LogP) is 4.23. The molecule has 174 valence electrons. The van der Waals surface area contributed by atoms with Crippen molar-refractivity contribution >= 4 is 5.97 Å². The molecule has 2 aromatic rings. The summed E-state index contributed by atoms with van der Waals surface area (Å²) < 4.78 is 11.7. The highest BCUT2D eigenvalue weighted by Crippen LogP contribution is 2.40. The number of ether oxygens (including phenoxy) is 1. The summed E-state index contributed by atoms with van der Waals surface area (Å²) in [7, 11) is 2.26. The number of hydrogen-bond donors (Lipinski definition) is 1. The van der Waals surface area contributed by atoms with Gasteiger partial charge in [-0.1, -0.05) is 54.8 Å². The molecule has 2 unspecified atom stereocenters. The van der Waals surface area contributed by atoms with Gasteiger partial charge in [0.15, 0.2) is 5.60 Å². The number of aromatic nitrogens is 1. The first-order valence-electron chi connectivity index (χ1n) is 12.2. The molecular weight excluding hydrogens is 404 g/mol. The standard InChI is InChI=1S/C26H37N2O4/c1-28(17-8-14-23-16-19-32-27-23)18-9-15-24(28)20-31-25(29)26(30,21-10-4-2-5-11-21)22-12-6-3-7-13-22/h2,4-5,10-11,16,19,22,24,30H,3,6-9,12-15,17-18,20H2,1H3/q+1/t24?,26?,28-/m0/s1. The lowest BCUT2D eigenvalue weighted by Crippen LogP contribution is -2.52. The Hall–Kier alpha value is -2.18. The molecule has 2 heterocycles. The number of carbonyl (C=O) groups excluding carboxylic acids is 1. The number of rotatable bonds is 9. The highest BCUT2D eigenvalue weighted by molar-refractivity contribution is 5.81. The number of likely N-dealkylation sites (tertiary alicyclic amines) is 1. The smallest absolute Gasteiger partial charge is 0.343 e. The lowest BCUT2D eigenvalue weighted by molar-refractivity contribution is -0.921. The predicted molar refractivity (Wildman–Crippen MR) is 122 cm³/mol. The van der Waals surface area contributed by atoms with E-state index in [9.17, 15) is 9.90 Å². The minimum Gasteiger partial charge on any atom is -0.457 e. The van der Waals surface area contributed by atoms with Crippen LogP contribution in [0.15, 0.2) is 47.2 Å². The fraction of sp³-hybridized carbons (Fsp3) is 0.615. The molecule has 1 aliphatic heterocycles. The van der Waals surface area contributed by atoms with Gasteiger partial charge in [-0.05, 0) is 24.8 Å². The molecule has 1 aromatic carbocycles. The van der Waals surface area contributed by atoms with E-state index in [1.165, 1.54) is 6.42 Å². The molecule has 0 bridgehead atoms. The molecule has 0 amide bonds. The summed E-state index contributed by atoms with van der Waals surface area (Å²) in [6, 6.07) is 11.6. The van der Waals surface area contributed by atoms with Crippen LogP contribution in [0.4, 0.5) is 0 Å². The van der Waals surface area contributed by atoms with E-state index in [-0.39, 0.29) is 12.0 Å². The molecule has 4 rings (SSSR count). The average Bonchev–Trinajstić information content (AvgIpc) is 3.48. The fourth-order valence-electron chi connectivity index (χ4n) is 5.74. The minimum atomic E-state index is -1.56. The first kappa shape index (κ1) is 23.0. The van der Waals surface area contributed by atoms with E-state index < -0.39 is 11.6 Å². The fourth-order valence-corrected chi connectivity index (χ4v) is 5.74. The number of quaternary nitrogens is 1. The topological polar surface area (TPSA) is 72.6 Å². The third kappa shape index (κ3) is 4.91. The quantitative estimate of drug-likeness (QED) is 0.466. The Morgan fingerprint density at radius 1 is 1.16 bits per heavy atom. The van der Waals surface area contributed by atoms with Crippen molar-refractivity contribution in [2.75, 3.05) is 26.7 Å². The van der Waals surface area contributed by atoms with Gasteiger partial charge in [0.1, 0.15) is 18.9 Å². The van der Waals surface area contributed by atoms with Gasteiger partial charge in [-0.3, -0.25) is 0 Å². The Bertz CT molecular complexity index is 850. The van der Waals surface area contributed by atoms with Gasteiger partial charge in [0.05, 0.1) is 25.8 Å². The molecule has 1 N–H and O–H groups in total. The lowest BCUT2D eigenvalue weighted by atomic mass is 9.73. The van der Waals surface area contributed by atoms with Gasteiger partial charge in [-0.15, -0.1) is 0 Å². The molecule has 0 spiro atoms. The summed E-state index contributed by atoms with van der Waals surface area (Å²) in [5.74, 6) is -0.560. The van der Waals surface area contributed by atoms with Crippen LogP contribution in [0.2, 0.25) is 0 Å². The first-order valence-corrected chi connectivity index (χ1v) is 12.2. The summed E-state index contributed by atoms with van der Waals surface area (Å²) in [5, 5.41) is 15.7. The zero-order valence-electron chi connectivity index (χ0n) is 19.2. The van der Waals surface area contributed by atoms with Crippen LogP contribution in [-0.4, -0.2) is 53.5 Å². The Kier molecular flexibility index (Phi) is 7.31. The second-order valence-corrected chi connectivity index (χ2v) is 9.88. The SMILES string of the molecule is C[N@+]1(CCCc2ccon2)CCCC1COC(=O)C(O)(c1ccccc1)C1CCCCC1. The molecule has 6 heteroatoms. The second kappa shape index (κ2) is 10.2. The molecule has 32 heavy (non-hydrogen) atoms. The molecule has 2 aliphatic rings. The molecule has 1 saturated carbocycles. The number of aryl methyl sites for hydroxylation is 1. The van der Waals surface area contributed by atoms with E-state index in [0.717, 1.165) is 74.6 Å². The maximum atomic E-state index is 13.4. The van der Waals surface area contributed by atoms with Crippen molar-refractivity contribution in [2.45, 2.75) is 69.4 Å². The Labute approximate surface area is 191 Å². The van der Waals surface area contributed by atoms with Crippen molar-refractivity contribution < 1.29 is 23.6 Å². The van der Waals surface area contributed by atoms with Crippen LogP contribution in [0.25, 0.3) is 0 Å². The number of benzene rings is 1. The highest BCUT2D eigenvalue weighted by atomic mass is 16.6. The van der Waals surface area contributed by atoms with Crippen molar-refractivity contribution in [3.8, 4) is 0 Å². The molecule has 0 radical (unpaired) electrons. The van der Waals surface area contributed by atoms with Crippen molar-refractivity contribution in [3.63, 3.8) is 0 Å². The van der Waals surface area contributed by atoms with Crippen LogP contribution in [0.1, 0.15) is 62.6 Å². The maximum Gasteiger partial charge on any atom is 0.343 e. The van der Waals surface area contributed by atoms with Gasteiger partial charge in [-0.25, -0.2) is 4.79 Å². The van der Waals surface area contributed by atoms with Crippen LogP contribution in [-0.2, 0) is 21.6 Å². The molecule has 1 saturated heterocycles. The Morgan fingerprint density at radius 3 is 2.66 bits per heavy atom. The van der Waals surface area contributed by atoms with E-state index >= 15 is 0 Å². The maximum absolute atomic E-state index is 13.4. The number of carbonyl (C=O) groups is 1. The minimum absolute atomic E-state index is 0.0851. The van der Waals surface area contributed by atoms with E-state index in [0.29, 0.717) is 12.2 Å². The largest absolute Gasteiger partial charge is 0.457 e. The second-order valence-electron chi connectivity index (χ2n) is 9.88. The molecule has 6 nitrogen and oxygen atoms in total. The van der Waals surface area contributed by atoms with Crippen LogP contribution < -0.4 is 0 Å². The van der Waals surface area contributed by atoms with Gasteiger partial charge in [-0.2, -0.15) is 0 Å². The Morgan fingerprint density at radius 2 is 1.94 bits per heavy atom. The van der Waals surface area contributed by atoms with Crippen molar-refractivity contribution in [1.29, 1.82) is 0 Å². The van der Waals surface area contributed by atoms with Crippen molar-refractivity contribution in [3.05, 3.63) is 53.9 Å². The summed E-state index contributed by atoms with van der Waals surface area (Å²) in [6.07, 6.45) is 10.7. The number of hydrogen-bond acceptors (Lipinski definition) is 5. The van der Waals surface area contributed by atoms with Gasteiger partial charge in [0, 0.05) is 31.2 Å². The third-order valence-corrected chi connectivity index (χ3v) is 7.81. The van der Waals surface area contributed by atoms with Crippen molar-refractivity contribution in [1.82, 2.24) is 5.16 Å². The Balaban J connectivity index is 1.40. The lowest BCUT2D eigenvalue weighted by Gasteiger charge is -2.39. The van der Waals surface area contributed by atoms with Crippen LogP contribution in [0, 0.1) is 5.92 Å². The molecule has 2 fully saturated rings. The molecule has 3 atom stereocenters. The summed E-state index contributed by atoms with van der Waals surface area (Å²) >= 11 is 0. The van der Waals surface area contributed by atoms with Crippen LogP contribution >= 0.6 is 0 Å². The van der Waals surface area contributed by atoms with E-state index in [1.54, 1.807) is 6.26 Å². The monoisotopic (exact) mass is 441 g/mol. The summed E-state index contributed by atoms with van der Waals surface area (Å²) in [4.78, 5) is 13.4. The zero-order valence-corrected chi connectivity index (χ0v) is 19.2. The van der Waals surface area contributed by atoms with Gasteiger partial charge >= 0.3 is 5.97 Å². The average molecular weight is 442 g/mol. The number of aliphatic hydroxyl groups is 1. The summed E-state index contributed by atoms with van der Waals surface area (Å²) in [5.41, 5.74) is 0.0868. The van der Waals surface area contributed by atoms with Gasteiger partial charge in [0.2, 0.25) is 0 Å². The molecular formula is C26H37N2O4+. The van der Waals surface area contributed by atoms with Crippen molar-refractivity contribution in [2.24, 2.45) is 5.92 Å². The van der Waals surface area contributed by atoms with Gasteiger partial charge in [0.25, 0.3) is 0 Å². The van der Waals surface area contributed by atoms with Crippen LogP contribution in [0.5, 0.6) is 0 Å². The highest BCUT2D eigenvalue weighted by Gasteiger charge is 2.48. The third-order valence-electron chi connectivity index (χ3n) is 7.81. The normalized spacial score (nSPS) is 26.0. The summed E-state index contributed by atoms with van der Waals surface area (Å²) in [6.45, 7) is 2.47. The number of nitrogens with zero attached hydrogens (tertiary/aromatic N) is 2. The van der Waals surface area contributed by atoms with E-state index in [2.05, 4.69) is 12.2 Å². The van der Waals surface area contributed by atoms with Crippen LogP contribution in [0.3, 0.4) is 0 Å².